The van der Waals surface area contributed by atoms with Gasteiger partial charge in [0.1, 0.15) is 5.75 Å². The lowest BCUT2D eigenvalue weighted by atomic mass is 10.1. The van der Waals surface area contributed by atoms with Crippen LogP contribution in [0.1, 0.15) is 11.1 Å². The van der Waals surface area contributed by atoms with Crippen LogP contribution in [0.5, 0.6) is 17.5 Å². The van der Waals surface area contributed by atoms with Gasteiger partial charge in [0.15, 0.2) is 0 Å². The van der Waals surface area contributed by atoms with Gasteiger partial charge < -0.3 is 9.47 Å². The smallest absolute Gasteiger partial charge is 0.227 e. The first kappa shape index (κ1) is 17.7. The molecule has 0 amide bonds. The SMILES string of the molecule is COc1ncccc1-c1cccnc1Oc1ccc(CCc2cn[nH]c2)cc1. The van der Waals surface area contributed by atoms with Crippen LogP contribution in [-0.4, -0.2) is 27.3 Å². The summed E-state index contributed by atoms with van der Waals surface area (Å²) in [6, 6.07) is 15.7. The Morgan fingerprint density at radius 2 is 1.50 bits per heavy atom. The highest BCUT2D eigenvalue weighted by Gasteiger charge is 2.13. The summed E-state index contributed by atoms with van der Waals surface area (Å²) in [5.74, 6) is 1.78. The molecule has 0 saturated heterocycles. The van der Waals surface area contributed by atoms with E-state index in [9.17, 15) is 0 Å². The van der Waals surface area contributed by atoms with Gasteiger partial charge >= 0.3 is 0 Å². The van der Waals surface area contributed by atoms with Crippen molar-refractivity contribution >= 4 is 0 Å². The van der Waals surface area contributed by atoms with Gasteiger partial charge in [-0.1, -0.05) is 12.1 Å². The molecule has 0 aliphatic rings. The van der Waals surface area contributed by atoms with Gasteiger partial charge in [0.25, 0.3) is 0 Å². The summed E-state index contributed by atoms with van der Waals surface area (Å²) in [6.07, 6.45) is 9.07. The van der Waals surface area contributed by atoms with Crippen LogP contribution >= 0.6 is 0 Å². The van der Waals surface area contributed by atoms with Crippen molar-refractivity contribution in [3.63, 3.8) is 0 Å². The molecule has 3 aromatic heterocycles. The van der Waals surface area contributed by atoms with Crippen LogP contribution in [0.25, 0.3) is 11.1 Å². The van der Waals surface area contributed by atoms with E-state index in [1.165, 1.54) is 11.1 Å². The summed E-state index contributed by atoms with van der Waals surface area (Å²) in [7, 11) is 1.60. The number of benzene rings is 1. The van der Waals surface area contributed by atoms with E-state index in [2.05, 4.69) is 32.3 Å². The van der Waals surface area contributed by atoms with Crippen molar-refractivity contribution in [2.75, 3.05) is 7.11 Å². The van der Waals surface area contributed by atoms with E-state index >= 15 is 0 Å². The van der Waals surface area contributed by atoms with E-state index in [0.717, 1.165) is 29.7 Å². The third-order valence-corrected chi connectivity index (χ3v) is 4.42. The maximum Gasteiger partial charge on any atom is 0.227 e. The quantitative estimate of drug-likeness (QED) is 0.519. The second kappa shape index (κ2) is 8.35. The van der Waals surface area contributed by atoms with E-state index in [0.29, 0.717) is 11.8 Å². The fourth-order valence-electron chi connectivity index (χ4n) is 2.97. The van der Waals surface area contributed by atoms with Crippen molar-refractivity contribution < 1.29 is 9.47 Å². The molecule has 1 N–H and O–H groups in total. The minimum absolute atomic E-state index is 0.514. The fraction of sp³-hybridized carbons (Fsp3) is 0.136. The number of H-pyrrole nitrogens is 1. The van der Waals surface area contributed by atoms with Crippen molar-refractivity contribution in [1.82, 2.24) is 20.2 Å². The van der Waals surface area contributed by atoms with E-state index in [-0.39, 0.29) is 0 Å². The lowest BCUT2D eigenvalue weighted by molar-refractivity contribution is 0.399. The molecule has 0 atom stereocenters. The first-order chi connectivity index (χ1) is 13.8. The molecule has 1 aromatic carbocycles. The Morgan fingerprint density at radius 1 is 0.821 bits per heavy atom. The van der Waals surface area contributed by atoms with Crippen molar-refractivity contribution in [3.8, 4) is 28.6 Å². The summed E-state index contributed by atoms with van der Waals surface area (Å²) < 4.78 is 11.4. The van der Waals surface area contributed by atoms with Crippen LogP contribution in [0.3, 0.4) is 0 Å². The van der Waals surface area contributed by atoms with Gasteiger partial charge in [0, 0.05) is 29.7 Å². The molecular formula is C22H20N4O2. The maximum absolute atomic E-state index is 6.06. The summed E-state index contributed by atoms with van der Waals surface area (Å²) in [4.78, 5) is 8.66. The predicted molar refractivity (Wildman–Crippen MR) is 107 cm³/mol. The molecule has 4 aromatic rings. The van der Waals surface area contributed by atoms with Crippen LogP contribution in [-0.2, 0) is 12.8 Å². The Kier molecular flexibility index (Phi) is 5.29. The van der Waals surface area contributed by atoms with Gasteiger partial charge in [-0.2, -0.15) is 5.10 Å². The van der Waals surface area contributed by atoms with E-state index < -0.39 is 0 Å². The number of rotatable bonds is 7. The highest BCUT2D eigenvalue weighted by molar-refractivity contribution is 5.73. The molecule has 6 nitrogen and oxygen atoms in total. The van der Waals surface area contributed by atoms with E-state index in [1.54, 1.807) is 19.5 Å². The van der Waals surface area contributed by atoms with Gasteiger partial charge in [-0.05, 0) is 60.4 Å². The number of ether oxygens (including phenoxy) is 2. The van der Waals surface area contributed by atoms with Crippen LogP contribution in [0.15, 0.2) is 73.3 Å². The summed E-state index contributed by atoms with van der Waals surface area (Å²) >= 11 is 0. The number of nitrogens with one attached hydrogen (secondary N) is 1. The van der Waals surface area contributed by atoms with Crippen molar-refractivity contribution in [2.24, 2.45) is 0 Å². The number of nitrogens with zero attached hydrogens (tertiary/aromatic N) is 3. The Balaban J connectivity index is 1.52. The highest BCUT2D eigenvalue weighted by Crippen LogP contribution is 2.35. The summed E-state index contributed by atoms with van der Waals surface area (Å²) in [5, 5.41) is 6.81. The molecule has 0 radical (unpaired) electrons. The molecule has 0 fully saturated rings. The standard InChI is InChI=1S/C22H20N4O2/c1-27-21-19(4-2-12-23-21)20-5-3-13-24-22(20)28-18-10-8-16(9-11-18)6-7-17-14-25-26-15-17/h2-5,8-15H,6-7H2,1H3,(H,25,26). The number of hydrogen-bond donors (Lipinski definition) is 1. The molecule has 140 valence electrons. The molecule has 28 heavy (non-hydrogen) atoms. The Hall–Kier alpha value is -3.67. The molecule has 0 saturated carbocycles. The largest absolute Gasteiger partial charge is 0.481 e. The van der Waals surface area contributed by atoms with Gasteiger partial charge in [-0.3, -0.25) is 5.10 Å². The molecule has 4 rings (SSSR count). The third-order valence-electron chi connectivity index (χ3n) is 4.42. The second-order valence-electron chi connectivity index (χ2n) is 6.27. The normalized spacial score (nSPS) is 10.6. The van der Waals surface area contributed by atoms with Crippen LogP contribution in [0, 0.1) is 0 Å². The minimum Gasteiger partial charge on any atom is -0.481 e. The first-order valence-electron chi connectivity index (χ1n) is 9.02. The molecular weight excluding hydrogens is 352 g/mol. The van der Waals surface area contributed by atoms with Crippen molar-refractivity contribution in [1.29, 1.82) is 0 Å². The lowest BCUT2D eigenvalue weighted by Gasteiger charge is -2.12. The zero-order valence-corrected chi connectivity index (χ0v) is 15.5. The zero-order valence-electron chi connectivity index (χ0n) is 15.5. The topological polar surface area (TPSA) is 72.9 Å². The zero-order chi connectivity index (χ0) is 19.2. The molecule has 3 heterocycles. The number of methoxy groups -OCH3 is 1. The number of hydrogen-bond acceptors (Lipinski definition) is 5. The van der Waals surface area contributed by atoms with Crippen LogP contribution in [0.4, 0.5) is 0 Å². The Morgan fingerprint density at radius 3 is 2.18 bits per heavy atom. The number of aryl methyl sites for hydroxylation is 2. The first-order valence-corrected chi connectivity index (χ1v) is 9.02. The molecule has 0 spiro atoms. The van der Waals surface area contributed by atoms with Crippen LogP contribution in [0.2, 0.25) is 0 Å². The second-order valence-corrected chi connectivity index (χ2v) is 6.27. The molecule has 0 bridgehead atoms. The maximum atomic E-state index is 6.06. The van der Waals surface area contributed by atoms with Gasteiger partial charge in [0.2, 0.25) is 11.8 Å². The average Bonchev–Trinajstić information content (AvgIpc) is 3.27. The van der Waals surface area contributed by atoms with Crippen molar-refractivity contribution in [2.45, 2.75) is 12.8 Å². The summed E-state index contributed by atoms with van der Waals surface area (Å²) in [5.41, 5.74) is 4.11. The van der Waals surface area contributed by atoms with Gasteiger partial charge in [0.05, 0.1) is 13.3 Å². The van der Waals surface area contributed by atoms with Crippen LogP contribution < -0.4 is 9.47 Å². The average molecular weight is 372 g/mol. The van der Waals surface area contributed by atoms with E-state index in [1.807, 2.05) is 48.8 Å². The molecule has 0 unspecified atom stereocenters. The van der Waals surface area contributed by atoms with E-state index in [4.69, 9.17) is 9.47 Å². The third kappa shape index (κ3) is 4.01. The number of pyridine rings is 2. The fourth-order valence-corrected chi connectivity index (χ4v) is 2.97. The summed E-state index contributed by atoms with van der Waals surface area (Å²) in [6.45, 7) is 0. The van der Waals surface area contributed by atoms with Gasteiger partial charge in [-0.15, -0.1) is 0 Å². The lowest BCUT2D eigenvalue weighted by Crippen LogP contribution is -1.95. The number of aromatic amines is 1. The number of aromatic nitrogens is 4. The molecule has 0 aliphatic heterocycles. The Labute approximate surface area is 163 Å². The van der Waals surface area contributed by atoms with Gasteiger partial charge in [-0.25, -0.2) is 9.97 Å². The Bertz CT molecular complexity index is 1030. The molecule has 0 aliphatic carbocycles. The molecule has 6 heteroatoms. The monoisotopic (exact) mass is 372 g/mol. The predicted octanol–water partition coefficient (Wildman–Crippen LogP) is 4.45. The highest BCUT2D eigenvalue weighted by atomic mass is 16.5. The minimum atomic E-state index is 0.514. The van der Waals surface area contributed by atoms with Crippen molar-refractivity contribution in [3.05, 3.63) is 84.4 Å².